The minimum Gasteiger partial charge on any atom is -0.480 e. The van der Waals surface area contributed by atoms with Crippen LogP contribution in [0.5, 0.6) is 0 Å². The third-order valence-corrected chi connectivity index (χ3v) is 4.23. The van der Waals surface area contributed by atoms with Crippen LogP contribution in [0.2, 0.25) is 0 Å². The molecule has 1 aliphatic rings. The Morgan fingerprint density at radius 1 is 1.19 bits per heavy atom. The Kier molecular flexibility index (Phi) is 3.94. The number of para-hydroxylation sites is 1. The number of aryl methyl sites for hydroxylation is 1. The number of hydrogen-bond donors (Lipinski definition) is 2. The number of benzene rings is 1. The number of carboxylic acid groups (broad SMARTS) is 1. The van der Waals surface area contributed by atoms with E-state index in [1.807, 2.05) is 11.0 Å². The normalized spacial score (nSPS) is 17.4. The molecular formula is C16H21N3O2. The largest absolute Gasteiger partial charge is 0.480 e. The van der Waals surface area contributed by atoms with Gasteiger partial charge in [-0.25, -0.2) is 0 Å². The summed E-state index contributed by atoms with van der Waals surface area (Å²) in [6.07, 6.45) is 0. The smallest absolute Gasteiger partial charge is 0.317 e. The van der Waals surface area contributed by atoms with E-state index < -0.39 is 5.97 Å². The molecule has 0 amide bonds. The van der Waals surface area contributed by atoms with Crippen LogP contribution in [-0.4, -0.2) is 58.6 Å². The fraction of sp³-hybridized carbons (Fsp3) is 0.438. The summed E-state index contributed by atoms with van der Waals surface area (Å²) in [7, 11) is 0. The molecule has 0 aliphatic carbocycles. The van der Waals surface area contributed by atoms with Gasteiger partial charge >= 0.3 is 5.97 Å². The molecule has 1 saturated heterocycles. The molecule has 3 rings (SSSR count). The van der Waals surface area contributed by atoms with E-state index in [0.29, 0.717) is 0 Å². The van der Waals surface area contributed by atoms with Crippen LogP contribution < -0.4 is 0 Å². The van der Waals surface area contributed by atoms with Crippen LogP contribution in [0.25, 0.3) is 10.9 Å². The van der Waals surface area contributed by atoms with Crippen LogP contribution in [0, 0.1) is 6.92 Å². The highest BCUT2D eigenvalue weighted by Gasteiger charge is 2.20. The average molecular weight is 287 g/mol. The summed E-state index contributed by atoms with van der Waals surface area (Å²) in [6, 6.07) is 8.39. The SMILES string of the molecule is Cc1[nH]c2ccccc2c1CN1CCN(CC(=O)O)CC1. The number of H-pyrrole nitrogens is 1. The fourth-order valence-electron chi connectivity index (χ4n) is 3.06. The van der Waals surface area contributed by atoms with Crippen molar-refractivity contribution in [2.24, 2.45) is 0 Å². The van der Waals surface area contributed by atoms with Gasteiger partial charge < -0.3 is 10.1 Å². The molecule has 5 nitrogen and oxygen atoms in total. The number of aliphatic carboxylic acids is 1. The molecule has 1 aliphatic heterocycles. The van der Waals surface area contributed by atoms with Gasteiger partial charge in [0.05, 0.1) is 6.54 Å². The van der Waals surface area contributed by atoms with E-state index >= 15 is 0 Å². The van der Waals surface area contributed by atoms with Gasteiger partial charge in [-0.2, -0.15) is 0 Å². The summed E-state index contributed by atoms with van der Waals surface area (Å²) >= 11 is 0. The van der Waals surface area contributed by atoms with Crippen LogP contribution in [0.1, 0.15) is 11.3 Å². The average Bonchev–Trinajstić information content (AvgIpc) is 2.77. The van der Waals surface area contributed by atoms with E-state index in [9.17, 15) is 4.79 Å². The van der Waals surface area contributed by atoms with E-state index in [2.05, 4.69) is 35.0 Å². The predicted molar refractivity (Wildman–Crippen MR) is 82.4 cm³/mol. The van der Waals surface area contributed by atoms with Crippen molar-refractivity contribution >= 4 is 16.9 Å². The van der Waals surface area contributed by atoms with Crippen LogP contribution in [0.3, 0.4) is 0 Å². The number of hydrogen-bond acceptors (Lipinski definition) is 3. The lowest BCUT2D eigenvalue weighted by atomic mass is 10.1. The van der Waals surface area contributed by atoms with Crippen molar-refractivity contribution in [3.63, 3.8) is 0 Å². The first-order valence-corrected chi connectivity index (χ1v) is 7.36. The lowest BCUT2D eigenvalue weighted by molar-refractivity contribution is -0.138. The van der Waals surface area contributed by atoms with E-state index in [4.69, 9.17) is 5.11 Å². The second-order valence-electron chi connectivity index (χ2n) is 5.72. The first-order chi connectivity index (χ1) is 10.1. The number of carboxylic acids is 1. The molecule has 21 heavy (non-hydrogen) atoms. The molecule has 1 aromatic carbocycles. The quantitative estimate of drug-likeness (QED) is 0.898. The van der Waals surface area contributed by atoms with Gasteiger partial charge in [0.2, 0.25) is 0 Å². The molecule has 0 unspecified atom stereocenters. The number of aromatic amines is 1. The van der Waals surface area contributed by atoms with Gasteiger partial charge in [-0.1, -0.05) is 18.2 Å². The number of rotatable bonds is 4. The summed E-state index contributed by atoms with van der Waals surface area (Å²) in [6.45, 7) is 6.70. The summed E-state index contributed by atoms with van der Waals surface area (Å²) < 4.78 is 0. The maximum atomic E-state index is 10.7. The molecule has 2 aromatic rings. The third-order valence-electron chi connectivity index (χ3n) is 4.23. The van der Waals surface area contributed by atoms with Crippen molar-refractivity contribution in [1.82, 2.24) is 14.8 Å². The standard InChI is InChI=1S/C16H21N3O2/c1-12-14(13-4-2-3-5-15(13)17-12)10-18-6-8-19(9-7-18)11-16(20)21/h2-5,17H,6-11H2,1H3,(H,20,21). The maximum Gasteiger partial charge on any atom is 0.317 e. The number of fused-ring (bicyclic) bond motifs is 1. The minimum absolute atomic E-state index is 0.153. The topological polar surface area (TPSA) is 59.6 Å². The van der Waals surface area contributed by atoms with Gasteiger partial charge in [-0.3, -0.25) is 14.6 Å². The summed E-state index contributed by atoms with van der Waals surface area (Å²) in [5.41, 5.74) is 3.77. The predicted octanol–water partition coefficient (Wildman–Crippen LogP) is 1.68. The van der Waals surface area contributed by atoms with E-state index in [0.717, 1.165) is 32.7 Å². The zero-order chi connectivity index (χ0) is 14.8. The zero-order valence-electron chi connectivity index (χ0n) is 12.3. The van der Waals surface area contributed by atoms with Gasteiger partial charge in [0.25, 0.3) is 0 Å². The molecule has 0 bridgehead atoms. The molecule has 2 N–H and O–H groups in total. The molecule has 1 aromatic heterocycles. The molecule has 0 radical (unpaired) electrons. The summed E-state index contributed by atoms with van der Waals surface area (Å²) in [4.78, 5) is 18.6. The van der Waals surface area contributed by atoms with Gasteiger partial charge in [0.1, 0.15) is 0 Å². The molecule has 0 atom stereocenters. The molecular weight excluding hydrogens is 266 g/mol. The lowest BCUT2D eigenvalue weighted by Gasteiger charge is -2.33. The Bertz CT molecular complexity index is 642. The van der Waals surface area contributed by atoms with Crippen molar-refractivity contribution in [1.29, 1.82) is 0 Å². The Hall–Kier alpha value is -1.85. The first kappa shape index (κ1) is 14.1. The first-order valence-electron chi connectivity index (χ1n) is 7.36. The number of carbonyl (C=O) groups is 1. The Morgan fingerprint density at radius 2 is 1.86 bits per heavy atom. The monoisotopic (exact) mass is 287 g/mol. The van der Waals surface area contributed by atoms with Crippen molar-refractivity contribution in [2.75, 3.05) is 32.7 Å². The van der Waals surface area contributed by atoms with Crippen LogP contribution >= 0.6 is 0 Å². The molecule has 0 saturated carbocycles. The van der Waals surface area contributed by atoms with Crippen LogP contribution in [0.15, 0.2) is 24.3 Å². The fourth-order valence-corrected chi connectivity index (χ4v) is 3.06. The van der Waals surface area contributed by atoms with Crippen molar-refractivity contribution in [2.45, 2.75) is 13.5 Å². The van der Waals surface area contributed by atoms with Gasteiger partial charge in [0.15, 0.2) is 0 Å². The third kappa shape index (κ3) is 3.09. The molecule has 112 valence electrons. The zero-order valence-corrected chi connectivity index (χ0v) is 12.3. The minimum atomic E-state index is -0.740. The second kappa shape index (κ2) is 5.87. The molecule has 0 spiro atoms. The second-order valence-corrected chi connectivity index (χ2v) is 5.72. The number of nitrogens with zero attached hydrogens (tertiary/aromatic N) is 2. The summed E-state index contributed by atoms with van der Waals surface area (Å²) in [5.74, 6) is -0.740. The van der Waals surface area contributed by atoms with Crippen molar-refractivity contribution < 1.29 is 9.90 Å². The maximum absolute atomic E-state index is 10.7. The molecule has 5 heteroatoms. The Balaban J connectivity index is 1.67. The van der Waals surface area contributed by atoms with E-state index in [-0.39, 0.29) is 6.54 Å². The number of aromatic nitrogens is 1. The van der Waals surface area contributed by atoms with E-state index in [1.54, 1.807) is 0 Å². The molecule has 1 fully saturated rings. The Labute approximate surface area is 124 Å². The van der Waals surface area contributed by atoms with Crippen molar-refractivity contribution in [3.8, 4) is 0 Å². The highest BCUT2D eigenvalue weighted by molar-refractivity contribution is 5.84. The van der Waals surface area contributed by atoms with E-state index in [1.165, 1.54) is 22.2 Å². The highest BCUT2D eigenvalue weighted by Crippen LogP contribution is 2.23. The van der Waals surface area contributed by atoms with Gasteiger partial charge in [0, 0.05) is 49.3 Å². The van der Waals surface area contributed by atoms with Crippen molar-refractivity contribution in [3.05, 3.63) is 35.5 Å². The van der Waals surface area contributed by atoms with Gasteiger partial charge in [-0.05, 0) is 18.6 Å². The molecule has 2 heterocycles. The lowest BCUT2D eigenvalue weighted by Crippen LogP contribution is -2.47. The van der Waals surface area contributed by atoms with Gasteiger partial charge in [-0.15, -0.1) is 0 Å². The number of piperazine rings is 1. The van der Waals surface area contributed by atoms with Crippen LogP contribution in [0.4, 0.5) is 0 Å². The number of nitrogens with one attached hydrogen (secondary N) is 1. The Morgan fingerprint density at radius 3 is 2.57 bits per heavy atom. The summed E-state index contributed by atoms with van der Waals surface area (Å²) in [5, 5.41) is 10.1. The highest BCUT2D eigenvalue weighted by atomic mass is 16.4. The van der Waals surface area contributed by atoms with Crippen LogP contribution in [-0.2, 0) is 11.3 Å².